The Hall–Kier alpha value is -2.73. The van der Waals surface area contributed by atoms with Gasteiger partial charge in [-0.1, -0.05) is 30.3 Å². The molecule has 2 N–H and O–H groups in total. The van der Waals surface area contributed by atoms with E-state index in [1.807, 2.05) is 30.3 Å². The van der Waals surface area contributed by atoms with Crippen LogP contribution in [-0.4, -0.2) is 22.5 Å². The van der Waals surface area contributed by atoms with Gasteiger partial charge in [-0.15, -0.1) is 0 Å². The first-order valence-corrected chi connectivity index (χ1v) is 6.79. The number of carbonyl (C=O) groups is 1. The average molecular weight is 300 g/mol. The molecule has 0 spiro atoms. The zero-order valence-corrected chi connectivity index (χ0v) is 11.8. The van der Waals surface area contributed by atoms with Gasteiger partial charge in [0.2, 0.25) is 5.91 Å². The normalized spacial score (nSPS) is 11.7. The van der Waals surface area contributed by atoms with Crippen LogP contribution >= 0.6 is 0 Å². The van der Waals surface area contributed by atoms with Crippen LogP contribution in [0.2, 0.25) is 0 Å². The molecule has 114 valence electrons. The first-order chi connectivity index (χ1) is 10.6. The van der Waals surface area contributed by atoms with Gasteiger partial charge in [-0.05, 0) is 23.3 Å². The fourth-order valence-electron chi connectivity index (χ4n) is 1.99. The van der Waals surface area contributed by atoms with E-state index in [4.69, 9.17) is 0 Å². The fraction of sp³-hybridized carbons (Fsp3) is 0.188. The summed E-state index contributed by atoms with van der Waals surface area (Å²) in [6.07, 6.45) is -0.658. The second-order valence-corrected chi connectivity index (χ2v) is 4.83. The topological polar surface area (TPSA) is 92.5 Å². The Morgan fingerprint density at radius 3 is 2.36 bits per heavy atom. The van der Waals surface area contributed by atoms with Crippen molar-refractivity contribution < 1.29 is 14.8 Å². The van der Waals surface area contributed by atoms with Gasteiger partial charge in [-0.3, -0.25) is 14.9 Å². The summed E-state index contributed by atoms with van der Waals surface area (Å²) in [5, 5.41) is 23.2. The van der Waals surface area contributed by atoms with Gasteiger partial charge in [0.05, 0.1) is 17.4 Å². The molecule has 6 nitrogen and oxygen atoms in total. The van der Waals surface area contributed by atoms with Crippen LogP contribution in [0.15, 0.2) is 54.6 Å². The zero-order chi connectivity index (χ0) is 15.9. The summed E-state index contributed by atoms with van der Waals surface area (Å²) in [5.74, 6) is -0.188. The molecular weight excluding hydrogens is 284 g/mol. The number of nitrogens with one attached hydrogen (secondary N) is 1. The van der Waals surface area contributed by atoms with E-state index >= 15 is 0 Å². The molecule has 1 atom stereocenters. The van der Waals surface area contributed by atoms with Gasteiger partial charge in [0.25, 0.3) is 5.69 Å². The van der Waals surface area contributed by atoms with Gasteiger partial charge in [0.15, 0.2) is 0 Å². The number of non-ortho nitro benzene ring substituents is 1. The summed E-state index contributed by atoms with van der Waals surface area (Å²) in [7, 11) is 0. The predicted octanol–water partition coefficient (Wildman–Crippen LogP) is 1.99. The van der Waals surface area contributed by atoms with E-state index in [0.717, 1.165) is 5.56 Å². The van der Waals surface area contributed by atoms with Crippen molar-refractivity contribution in [3.05, 3.63) is 75.8 Å². The average Bonchev–Trinajstić information content (AvgIpc) is 2.53. The van der Waals surface area contributed by atoms with Crippen LogP contribution in [0.3, 0.4) is 0 Å². The second-order valence-electron chi connectivity index (χ2n) is 4.83. The summed E-state index contributed by atoms with van der Waals surface area (Å²) in [6, 6.07) is 14.9. The molecular formula is C16H16N2O4. The first-order valence-electron chi connectivity index (χ1n) is 6.79. The minimum atomic E-state index is -0.902. The van der Waals surface area contributed by atoms with E-state index in [1.54, 1.807) is 0 Å². The number of nitro groups is 1. The van der Waals surface area contributed by atoms with Gasteiger partial charge >= 0.3 is 0 Å². The van der Waals surface area contributed by atoms with Crippen LogP contribution in [-0.2, 0) is 11.2 Å². The maximum Gasteiger partial charge on any atom is 0.269 e. The third-order valence-corrected chi connectivity index (χ3v) is 3.19. The smallest absolute Gasteiger partial charge is 0.269 e. The number of amides is 1. The fourth-order valence-corrected chi connectivity index (χ4v) is 1.99. The third-order valence-electron chi connectivity index (χ3n) is 3.19. The van der Waals surface area contributed by atoms with Crippen LogP contribution in [0.5, 0.6) is 0 Å². The van der Waals surface area contributed by atoms with Crippen LogP contribution in [0.4, 0.5) is 5.69 Å². The zero-order valence-electron chi connectivity index (χ0n) is 11.8. The highest BCUT2D eigenvalue weighted by Crippen LogP contribution is 2.17. The molecule has 0 unspecified atom stereocenters. The maximum atomic E-state index is 11.8. The van der Waals surface area contributed by atoms with E-state index in [-0.39, 0.29) is 24.6 Å². The Balaban J connectivity index is 1.85. The molecule has 0 saturated carbocycles. The van der Waals surface area contributed by atoms with Gasteiger partial charge < -0.3 is 10.4 Å². The predicted molar refractivity (Wildman–Crippen MR) is 81.2 cm³/mol. The lowest BCUT2D eigenvalue weighted by Gasteiger charge is -2.12. The molecule has 0 bridgehead atoms. The number of nitro benzene ring substituents is 1. The van der Waals surface area contributed by atoms with Crippen molar-refractivity contribution >= 4 is 11.6 Å². The molecule has 22 heavy (non-hydrogen) atoms. The molecule has 6 heteroatoms. The van der Waals surface area contributed by atoms with Crippen molar-refractivity contribution in [1.82, 2.24) is 5.32 Å². The van der Waals surface area contributed by atoms with Gasteiger partial charge in [-0.25, -0.2) is 0 Å². The number of aliphatic hydroxyl groups excluding tert-OH is 1. The van der Waals surface area contributed by atoms with Crippen molar-refractivity contribution in [3.8, 4) is 0 Å². The molecule has 0 fully saturated rings. The monoisotopic (exact) mass is 300 g/mol. The van der Waals surface area contributed by atoms with Crippen LogP contribution in [0, 0.1) is 10.1 Å². The van der Waals surface area contributed by atoms with Crippen LogP contribution < -0.4 is 5.32 Å². The molecule has 0 saturated heterocycles. The van der Waals surface area contributed by atoms with Gasteiger partial charge in [0.1, 0.15) is 0 Å². The minimum Gasteiger partial charge on any atom is -0.387 e. The summed E-state index contributed by atoms with van der Waals surface area (Å²) >= 11 is 0. The number of nitrogens with zero attached hydrogens (tertiary/aromatic N) is 1. The number of hydrogen-bond donors (Lipinski definition) is 2. The minimum absolute atomic E-state index is 0.0379. The largest absolute Gasteiger partial charge is 0.387 e. The molecule has 2 aromatic rings. The molecule has 0 radical (unpaired) electrons. The van der Waals surface area contributed by atoms with Crippen molar-refractivity contribution in [2.24, 2.45) is 0 Å². The number of aliphatic hydroxyl groups is 1. The van der Waals surface area contributed by atoms with Crippen LogP contribution in [0.25, 0.3) is 0 Å². The Morgan fingerprint density at radius 2 is 1.77 bits per heavy atom. The molecule has 0 heterocycles. The highest BCUT2D eigenvalue weighted by atomic mass is 16.6. The Labute approximate surface area is 127 Å². The quantitative estimate of drug-likeness (QED) is 0.630. The van der Waals surface area contributed by atoms with Gasteiger partial charge in [0, 0.05) is 18.7 Å². The number of carbonyl (C=O) groups excluding carboxylic acids is 1. The molecule has 2 rings (SSSR count). The second kappa shape index (κ2) is 7.33. The summed E-state index contributed by atoms with van der Waals surface area (Å²) in [4.78, 5) is 21.8. The number of hydrogen-bond acceptors (Lipinski definition) is 4. The van der Waals surface area contributed by atoms with Crippen molar-refractivity contribution in [3.63, 3.8) is 0 Å². The van der Waals surface area contributed by atoms with Crippen molar-refractivity contribution in [1.29, 1.82) is 0 Å². The van der Waals surface area contributed by atoms with Crippen LogP contribution in [0.1, 0.15) is 17.2 Å². The third kappa shape index (κ3) is 4.39. The van der Waals surface area contributed by atoms with E-state index in [0.29, 0.717) is 5.56 Å². The lowest BCUT2D eigenvalue weighted by atomic mass is 10.1. The lowest BCUT2D eigenvalue weighted by Crippen LogP contribution is -2.29. The van der Waals surface area contributed by atoms with E-state index in [1.165, 1.54) is 24.3 Å². The molecule has 1 amide bonds. The Kier molecular flexibility index (Phi) is 5.21. The SMILES string of the molecule is O=C(Cc1ccccc1)NC[C@H](O)c1ccc([N+](=O)[O-])cc1. The highest BCUT2D eigenvalue weighted by Gasteiger charge is 2.12. The molecule has 0 aromatic heterocycles. The molecule has 0 aliphatic heterocycles. The van der Waals surface area contributed by atoms with Gasteiger partial charge in [-0.2, -0.15) is 0 Å². The molecule has 0 aliphatic carbocycles. The molecule has 0 aliphatic rings. The van der Waals surface area contributed by atoms with E-state index in [2.05, 4.69) is 5.32 Å². The Morgan fingerprint density at radius 1 is 1.14 bits per heavy atom. The maximum absolute atomic E-state index is 11.8. The first kappa shape index (κ1) is 15.7. The Bertz CT molecular complexity index is 641. The summed E-state index contributed by atoms with van der Waals surface area (Å²) in [6.45, 7) is 0.0590. The van der Waals surface area contributed by atoms with Crippen molar-refractivity contribution in [2.45, 2.75) is 12.5 Å². The van der Waals surface area contributed by atoms with E-state index < -0.39 is 11.0 Å². The summed E-state index contributed by atoms with van der Waals surface area (Å²) in [5.41, 5.74) is 1.37. The molecule has 2 aromatic carbocycles. The highest BCUT2D eigenvalue weighted by molar-refractivity contribution is 5.78. The lowest BCUT2D eigenvalue weighted by molar-refractivity contribution is -0.384. The van der Waals surface area contributed by atoms with E-state index in [9.17, 15) is 20.0 Å². The van der Waals surface area contributed by atoms with Crippen molar-refractivity contribution in [2.75, 3.05) is 6.54 Å². The number of benzene rings is 2. The summed E-state index contributed by atoms with van der Waals surface area (Å²) < 4.78 is 0. The standard InChI is InChI=1S/C16H16N2O4/c19-15(13-6-8-14(9-7-13)18(21)22)11-17-16(20)10-12-4-2-1-3-5-12/h1-9,15,19H,10-11H2,(H,17,20)/t15-/m0/s1. The number of rotatable bonds is 6.